The van der Waals surface area contributed by atoms with E-state index in [2.05, 4.69) is 16.7 Å². The molecule has 0 saturated heterocycles. The van der Waals surface area contributed by atoms with Crippen LogP contribution in [0.15, 0.2) is 41.5 Å². The van der Waals surface area contributed by atoms with Gasteiger partial charge >= 0.3 is 5.69 Å². The van der Waals surface area contributed by atoms with Gasteiger partial charge in [0, 0.05) is 29.4 Å². The number of hydrogen-bond acceptors (Lipinski definition) is 5. The smallest absolute Gasteiger partial charge is 0.279 e. The van der Waals surface area contributed by atoms with Crippen molar-refractivity contribution >= 4 is 27.2 Å². The Hall–Kier alpha value is -2.80. The van der Waals surface area contributed by atoms with Crippen molar-refractivity contribution in [2.24, 2.45) is 0 Å². The lowest BCUT2D eigenvalue weighted by Crippen LogP contribution is -2.27. The predicted molar refractivity (Wildman–Crippen MR) is 107 cm³/mol. The molecule has 0 unspecified atom stereocenters. The maximum absolute atomic E-state index is 13.2. The third kappa shape index (κ3) is 2.53. The van der Waals surface area contributed by atoms with E-state index in [1.807, 2.05) is 19.1 Å². The number of fused-ring (bicyclic) bond motifs is 5. The zero-order valence-electron chi connectivity index (χ0n) is 15.1. The number of aromatic nitrogens is 5. The van der Waals surface area contributed by atoms with Crippen LogP contribution in [0.3, 0.4) is 0 Å². The van der Waals surface area contributed by atoms with Crippen LogP contribution in [0.1, 0.15) is 30.2 Å². The molecular weight excluding hydrogens is 358 g/mol. The Labute approximate surface area is 159 Å². The van der Waals surface area contributed by atoms with Gasteiger partial charge in [-0.3, -0.25) is 9.55 Å². The van der Waals surface area contributed by atoms with Gasteiger partial charge in [-0.25, -0.2) is 9.78 Å². The zero-order valence-corrected chi connectivity index (χ0v) is 15.9. The first-order valence-corrected chi connectivity index (χ1v) is 9.93. The Morgan fingerprint density at radius 2 is 2.19 bits per heavy atom. The summed E-state index contributed by atoms with van der Waals surface area (Å²) in [5, 5.41) is 5.62. The lowest BCUT2D eigenvalue weighted by Gasteiger charge is -2.11. The zero-order chi connectivity index (χ0) is 18.5. The maximum atomic E-state index is 13.2. The van der Waals surface area contributed by atoms with Crippen LogP contribution >= 0.6 is 11.3 Å². The van der Waals surface area contributed by atoms with E-state index in [0.717, 1.165) is 34.2 Å². The Morgan fingerprint density at radius 1 is 1.33 bits per heavy atom. The molecule has 4 aromatic rings. The van der Waals surface area contributed by atoms with Gasteiger partial charge in [0.2, 0.25) is 0 Å². The van der Waals surface area contributed by atoms with Gasteiger partial charge in [0.05, 0.1) is 5.39 Å². The van der Waals surface area contributed by atoms with Crippen LogP contribution in [0.5, 0.6) is 0 Å². The standard InChI is InChI=1S/C20H19N5OS/c1-12(2)11-24-19-16(14-7-3-4-8-15(14)27-19)18-22-17(23-25(18)20(24)26)13-6-5-9-21-10-13/h5-6,9-10H,1,3-4,7-8,11H2,2H3. The number of nitrogens with zero attached hydrogens (tertiary/aromatic N) is 5. The minimum absolute atomic E-state index is 0.165. The normalized spacial score (nSPS) is 14.0. The summed E-state index contributed by atoms with van der Waals surface area (Å²) in [6, 6.07) is 3.76. The topological polar surface area (TPSA) is 65.1 Å². The van der Waals surface area contributed by atoms with Crippen molar-refractivity contribution in [1.29, 1.82) is 0 Å². The van der Waals surface area contributed by atoms with Crippen molar-refractivity contribution < 1.29 is 0 Å². The molecule has 27 heavy (non-hydrogen) atoms. The third-order valence-electron chi connectivity index (χ3n) is 4.99. The van der Waals surface area contributed by atoms with Crippen LogP contribution in [-0.2, 0) is 19.4 Å². The molecule has 0 aromatic carbocycles. The number of rotatable bonds is 3. The Bertz CT molecular complexity index is 1250. The van der Waals surface area contributed by atoms with Gasteiger partial charge in [-0.15, -0.1) is 16.4 Å². The van der Waals surface area contributed by atoms with E-state index in [-0.39, 0.29) is 5.69 Å². The monoisotopic (exact) mass is 377 g/mol. The first-order valence-electron chi connectivity index (χ1n) is 9.12. The molecule has 0 N–H and O–H groups in total. The van der Waals surface area contributed by atoms with E-state index in [9.17, 15) is 4.79 Å². The number of allylic oxidation sites excluding steroid dienone is 1. The van der Waals surface area contributed by atoms with Crippen LogP contribution in [-0.4, -0.2) is 24.1 Å². The first kappa shape index (κ1) is 16.4. The lowest BCUT2D eigenvalue weighted by atomic mass is 9.97. The molecule has 136 valence electrons. The van der Waals surface area contributed by atoms with Crippen LogP contribution in [0, 0.1) is 0 Å². The summed E-state index contributed by atoms with van der Waals surface area (Å²) in [6.45, 7) is 6.44. The van der Waals surface area contributed by atoms with Gasteiger partial charge in [0.15, 0.2) is 11.5 Å². The molecule has 0 atom stereocenters. The van der Waals surface area contributed by atoms with E-state index in [4.69, 9.17) is 4.98 Å². The minimum atomic E-state index is -0.165. The van der Waals surface area contributed by atoms with Gasteiger partial charge in [0.25, 0.3) is 0 Å². The highest BCUT2D eigenvalue weighted by molar-refractivity contribution is 7.19. The van der Waals surface area contributed by atoms with Gasteiger partial charge in [-0.05, 0) is 50.3 Å². The molecule has 0 amide bonds. The highest BCUT2D eigenvalue weighted by Crippen LogP contribution is 2.38. The largest absolute Gasteiger partial charge is 0.352 e. The molecule has 0 spiro atoms. The number of thiophene rings is 1. The third-order valence-corrected chi connectivity index (χ3v) is 6.30. The second-order valence-corrected chi connectivity index (χ2v) is 8.21. The van der Waals surface area contributed by atoms with Gasteiger partial charge in [0.1, 0.15) is 4.83 Å². The average molecular weight is 377 g/mol. The summed E-state index contributed by atoms with van der Waals surface area (Å²) in [7, 11) is 0. The number of pyridine rings is 1. The van der Waals surface area contributed by atoms with E-state index < -0.39 is 0 Å². The minimum Gasteiger partial charge on any atom is -0.279 e. The van der Waals surface area contributed by atoms with Crippen molar-refractivity contribution in [1.82, 2.24) is 24.1 Å². The highest BCUT2D eigenvalue weighted by atomic mass is 32.1. The second-order valence-electron chi connectivity index (χ2n) is 7.13. The molecule has 0 fully saturated rings. The van der Waals surface area contributed by atoms with Crippen molar-refractivity contribution in [3.63, 3.8) is 0 Å². The average Bonchev–Trinajstić information content (AvgIpc) is 3.27. The molecule has 0 aliphatic heterocycles. The molecule has 1 aliphatic rings. The van der Waals surface area contributed by atoms with Crippen molar-refractivity contribution in [2.45, 2.75) is 39.2 Å². The van der Waals surface area contributed by atoms with Crippen molar-refractivity contribution in [3.05, 3.63) is 57.6 Å². The van der Waals surface area contributed by atoms with Crippen LogP contribution in [0.2, 0.25) is 0 Å². The van der Waals surface area contributed by atoms with E-state index >= 15 is 0 Å². The fraction of sp³-hybridized carbons (Fsp3) is 0.300. The van der Waals surface area contributed by atoms with E-state index in [1.54, 1.807) is 28.3 Å². The summed E-state index contributed by atoms with van der Waals surface area (Å²) in [4.78, 5) is 24.5. The van der Waals surface area contributed by atoms with E-state index in [0.29, 0.717) is 18.0 Å². The van der Waals surface area contributed by atoms with Crippen LogP contribution < -0.4 is 5.69 Å². The van der Waals surface area contributed by atoms with Gasteiger partial charge < -0.3 is 0 Å². The molecular formula is C20H19N5OS. The van der Waals surface area contributed by atoms with Crippen molar-refractivity contribution in [3.8, 4) is 11.4 Å². The fourth-order valence-corrected chi connectivity index (χ4v) is 5.18. The Morgan fingerprint density at radius 3 is 2.96 bits per heavy atom. The molecule has 1 aliphatic carbocycles. The van der Waals surface area contributed by atoms with E-state index in [1.165, 1.54) is 27.8 Å². The molecule has 5 rings (SSSR count). The van der Waals surface area contributed by atoms with Crippen LogP contribution in [0.4, 0.5) is 0 Å². The summed E-state index contributed by atoms with van der Waals surface area (Å²) in [6.07, 6.45) is 7.92. The molecule has 0 saturated carbocycles. The predicted octanol–water partition coefficient (Wildman–Crippen LogP) is 3.62. The summed E-state index contributed by atoms with van der Waals surface area (Å²) in [5.74, 6) is 0.533. The van der Waals surface area contributed by atoms with Gasteiger partial charge in [-0.1, -0.05) is 12.2 Å². The molecule has 6 nitrogen and oxygen atoms in total. The fourth-order valence-electron chi connectivity index (χ4n) is 3.81. The van der Waals surface area contributed by atoms with Gasteiger partial charge in [-0.2, -0.15) is 4.52 Å². The lowest BCUT2D eigenvalue weighted by molar-refractivity contribution is 0.697. The van der Waals surface area contributed by atoms with Crippen LogP contribution in [0.25, 0.3) is 27.3 Å². The summed E-state index contributed by atoms with van der Waals surface area (Å²) < 4.78 is 3.25. The quantitative estimate of drug-likeness (QED) is 0.512. The SMILES string of the molecule is C=C(C)Cn1c(=O)n2nc(-c3cccnc3)nc2c2c3c(sc21)CCCC3. The summed E-state index contributed by atoms with van der Waals surface area (Å²) in [5.41, 5.74) is 3.58. The van der Waals surface area contributed by atoms with Crippen molar-refractivity contribution in [2.75, 3.05) is 0 Å². The Balaban J connectivity index is 1.89. The Kier molecular flexibility index (Phi) is 3.72. The maximum Gasteiger partial charge on any atom is 0.352 e. The number of aryl methyl sites for hydroxylation is 2. The molecule has 4 aromatic heterocycles. The summed E-state index contributed by atoms with van der Waals surface area (Å²) >= 11 is 1.73. The highest BCUT2D eigenvalue weighted by Gasteiger charge is 2.24. The molecule has 0 radical (unpaired) electrons. The molecule has 0 bridgehead atoms. The first-order chi connectivity index (χ1) is 13.1. The molecule has 7 heteroatoms. The second kappa shape index (κ2) is 6.13. The number of hydrogen-bond donors (Lipinski definition) is 0. The molecule has 4 heterocycles.